The molecule has 0 saturated heterocycles. The molecule has 115 heavy (non-hydrogen) atoms. The number of ether oxygens (including phenoxy) is 2. The monoisotopic (exact) mass is 1550 g/mol. The number of nitrogens with one attached hydrogen (secondary N) is 4. The van der Waals surface area contributed by atoms with Crippen molar-refractivity contribution in [3.05, 3.63) is 240 Å². The van der Waals surface area contributed by atoms with Crippen LogP contribution in [-0.4, -0.2) is 133 Å². The van der Waals surface area contributed by atoms with Gasteiger partial charge in [0.1, 0.15) is 12.4 Å². The van der Waals surface area contributed by atoms with Gasteiger partial charge in [0.15, 0.2) is 0 Å². The highest BCUT2D eigenvalue weighted by Gasteiger charge is 2.30. The number of allylic oxidation sites excluding steroid dienone is 8. The number of fused-ring (bicyclic) bond motifs is 16. The number of H-pyrrole nitrogens is 4. The Morgan fingerprint density at radius 3 is 1.25 bits per heavy atom. The van der Waals surface area contributed by atoms with Crippen LogP contribution in [0.4, 0.5) is 0 Å². The number of aromatic nitrogens is 8. The number of aliphatic hydroxyl groups excluding tert-OH is 2. The minimum atomic E-state index is -0.962. The Labute approximate surface area is 669 Å². The number of carboxylic acid groups (broad SMARTS) is 4. The second-order valence-corrected chi connectivity index (χ2v) is 30.5. The van der Waals surface area contributed by atoms with E-state index >= 15 is 0 Å². The molecule has 13 rings (SSSR count). The number of carbonyl (C=O) groups is 4. The second kappa shape index (κ2) is 35.2. The van der Waals surface area contributed by atoms with Crippen molar-refractivity contribution in [1.82, 2.24) is 44.8 Å². The van der Waals surface area contributed by atoms with Crippen LogP contribution < -0.4 is 4.74 Å². The number of nitrogens with zero attached hydrogens (tertiary/aromatic N) is 5. The number of aliphatic carboxylic acids is 4. The summed E-state index contributed by atoms with van der Waals surface area (Å²) in [6, 6.07) is 45.1. The number of likely N-dealkylation sites (N-methyl/N-ethyl adjacent to an activating group) is 1. The number of hydrogen-bond acceptors (Lipinski definition) is 13. The van der Waals surface area contributed by atoms with Gasteiger partial charge in [-0.15, -0.1) is 0 Å². The van der Waals surface area contributed by atoms with E-state index in [2.05, 4.69) is 131 Å². The van der Waals surface area contributed by atoms with Crippen LogP contribution >= 0.6 is 0 Å². The molecule has 6 aromatic heterocycles. The topological polar surface area (TPSA) is 326 Å². The maximum atomic E-state index is 12.2. The standard InChI is InChI=1S/C68H74N8O11.C26H29NO/c1-29-41(13-17-61(79)80)53-28-56-44(16-20-64(85)86)32(4)48(72-56)24-59-68(36(8)52(76-59)25-58-65(37(9)77)33(5)49(73-58)21-45(29)69-53)40(12)87-39(11)67-35(7)50-22-46-30(2)42(14-18-62(81)82)54(70-46)27-55-43(15-19-63(83)84)31(3)47(71-55)23-57-66(38(10)78)34(6)51(74-57)26-60(67)75-50;1-4-25(21-11-7-5-8-12-21)26(22-13-9-6-10-14-22)23-15-17-24(18-16-23)28-20-19-27(2)3/h21-28,37-40,72,74-78H,13-20H2,1-12H3,(H,79,80)(H,81,82)(H,83,84)(H,85,86);5-18H,4,19-20H2,1-3H3/b;26-25-. The fourth-order valence-electron chi connectivity index (χ4n) is 16.4. The molecule has 4 unspecified atom stereocenters. The Morgan fingerprint density at radius 1 is 0.409 bits per heavy atom. The number of aliphatic hydroxyl groups is 2. The fraction of sp³-hybridized carbons (Fsp3) is 0.319. The van der Waals surface area contributed by atoms with Crippen molar-refractivity contribution in [2.45, 2.75) is 172 Å². The fourth-order valence-corrected chi connectivity index (χ4v) is 16.4. The van der Waals surface area contributed by atoms with E-state index in [0.717, 1.165) is 102 Å². The first-order valence-corrected chi connectivity index (χ1v) is 39.3. The highest BCUT2D eigenvalue weighted by atomic mass is 16.5. The van der Waals surface area contributed by atoms with Gasteiger partial charge in [0.05, 0.1) is 70.0 Å². The molecule has 0 saturated carbocycles. The number of aromatic amines is 4. The summed E-state index contributed by atoms with van der Waals surface area (Å²) in [4.78, 5) is 85.3. The van der Waals surface area contributed by atoms with Gasteiger partial charge in [-0.05, 0) is 285 Å². The maximum absolute atomic E-state index is 12.2. The summed E-state index contributed by atoms with van der Waals surface area (Å²) in [7, 11) is 4.11. The van der Waals surface area contributed by atoms with E-state index < -0.39 is 48.3 Å². The Balaban J connectivity index is 0.000000366. The first-order valence-electron chi connectivity index (χ1n) is 39.3. The summed E-state index contributed by atoms with van der Waals surface area (Å²) in [5.74, 6) is -2.91. The van der Waals surface area contributed by atoms with Gasteiger partial charge in [-0.3, -0.25) is 19.2 Å². The predicted molar refractivity (Wildman–Crippen MR) is 457 cm³/mol. The lowest BCUT2D eigenvalue weighted by Crippen LogP contribution is -2.19. The Kier molecular flexibility index (Phi) is 25.3. The first-order chi connectivity index (χ1) is 54.9. The average Bonchev–Trinajstić information content (AvgIpc) is 1.62. The molecule has 0 amide bonds. The third-order valence-corrected chi connectivity index (χ3v) is 22.5. The molecular formula is C94H103N9O12. The van der Waals surface area contributed by atoms with Gasteiger partial charge in [0, 0.05) is 98.6 Å². The van der Waals surface area contributed by atoms with Crippen molar-refractivity contribution in [3.8, 4) is 5.75 Å². The van der Waals surface area contributed by atoms with Crippen LogP contribution in [0.5, 0.6) is 5.75 Å². The van der Waals surface area contributed by atoms with Crippen LogP contribution in [0.2, 0.25) is 0 Å². The van der Waals surface area contributed by atoms with Gasteiger partial charge >= 0.3 is 23.9 Å². The largest absolute Gasteiger partial charge is 0.492 e. The van der Waals surface area contributed by atoms with Crippen LogP contribution in [-0.2, 0) is 30.3 Å². The SMILES string of the molecule is CC/C(=C(\c1ccccc1)c1ccc(OCCN(C)C)cc1)c1ccccc1.CC1=C(CCC(=O)O)c2cc3nc(cc4[nH]c(cc5[nH]c(cc1n2)c(C)c5C(C)OC(C)c1c(C)c2cc5nc(cc6nc(cc7[nH]c(cc1[nH]2)c(C)c7CCC(=O)O)C(CCC(=O)O)=C6C)C(C)=C5C(C)O)c(C)c4C(C)O)C(C)=C3CCC(=O)O. The summed E-state index contributed by atoms with van der Waals surface area (Å²) in [6.07, 6.45) is -1.76. The van der Waals surface area contributed by atoms with Gasteiger partial charge in [-0.2, -0.15) is 0 Å². The molecule has 3 aromatic carbocycles. The number of benzene rings is 3. The summed E-state index contributed by atoms with van der Waals surface area (Å²) < 4.78 is 13.2. The lowest BCUT2D eigenvalue weighted by molar-refractivity contribution is -0.137. The van der Waals surface area contributed by atoms with E-state index in [1.807, 2.05) is 118 Å². The molecule has 0 radical (unpaired) electrons. The van der Waals surface area contributed by atoms with Crippen LogP contribution in [0, 0.1) is 27.7 Å². The lowest BCUT2D eigenvalue weighted by Gasteiger charge is -2.20. The summed E-state index contributed by atoms with van der Waals surface area (Å²) in [6.45, 7) is 26.8. The average molecular weight is 1550 g/mol. The number of aryl methyl sites for hydroxylation is 5. The maximum Gasteiger partial charge on any atom is 0.303 e. The summed E-state index contributed by atoms with van der Waals surface area (Å²) in [5.41, 5.74) is 28.9. The van der Waals surface area contributed by atoms with Gasteiger partial charge in [0.25, 0.3) is 0 Å². The molecule has 0 spiro atoms. The Bertz CT molecular complexity index is 5840. The number of carboxylic acids is 4. The van der Waals surface area contributed by atoms with Crippen molar-refractivity contribution in [3.63, 3.8) is 0 Å². The zero-order valence-corrected chi connectivity index (χ0v) is 68.2. The second-order valence-electron chi connectivity index (χ2n) is 30.5. The van der Waals surface area contributed by atoms with E-state index in [-0.39, 0.29) is 51.4 Å². The predicted octanol–water partition coefficient (Wildman–Crippen LogP) is 19.8. The van der Waals surface area contributed by atoms with Crippen LogP contribution in [0.15, 0.2) is 133 Å². The third kappa shape index (κ3) is 18.1. The molecule has 596 valence electrons. The molecule has 10 N–H and O–H groups in total. The Hall–Kier alpha value is -11.9. The van der Waals surface area contributed by atoms with Crippen molar-refractivity contribution in [2.24, 2.45) is 0 Å². The molecule has 4 aliphatic heterocycles. The van der Waals surface area contributed by atoms with E-state index in [0.29, 0.717) is 102 Å². The molecule has 21 nitrogen and oxygen atoms in total. The quantitative estimate of drug-likeness (QED) is 0.0225. The molecule has 16 bridgehead atoms. The molecular weight excluding hydrogens is 1450 g/mol. The third-order valence-electron chi connectivity index (χ3n) is 22.5. The molecule has 4 aliphatic rings. The molecule has 10 heterocycles. The van der Waals surface area contributed by atoms with Gasteiger partial charge in [-0.1, -0.05) is 79.7 Å². The highest BCUT2D eigenvalue weighted by Crippen LogP contribution is 2.44. The van der Waals surface area contributed by atoms with Crippen LogP contribution in [0.1, 0.15) is 239 Å². The molecule has 0 aliphatic carbocycles. The van der Waals surface area contributed by atoms with E-state index in [1.165, 1.54) is 27.8 Å². The smallest absolute Gasteiger partial charge is 0.303 e. The molecule has 0 fully saturated rings. The van der Waals surface area contributed by atoms with Crippen molar-refractivity contribution in [2.75, 3.05) is 27.2 Å². The van der Waals surface area contributed by atoms with Crippen molar-refractivity contribution < 1.29 is 59.3 Å². The van der Waals surface area contributed by atoms with Gasteiger partial charge < -0.3 is 64.9 Å². The summed E-state index contributed by atoms with van der Waals surface area (Å²) in [5, 5.41) is 62.2. The molecule has 21 heteroatoms. The van der Waals surface area contributed by atoms with Crippen LogP contribution in [0.3, 0.4) is 0 Å². The van der Waals surface area contributed by atoms with Crippen LogP contribution in [0.25, 0.3) is 99.9 Å². The van der Waals surface area contributed by atoms with Gasteiger partial charge in [-0.25, -0.2) is 19.9 Å². The van der Waals surface area contributed by atoms with E-state index in [1.54, 1.807) is 13.8 Å². The first kappa shape index (κ1) is 82.6. The Morgan fingerprint density at radius 2 is 0.783 bits per heavy atom. The van der Waals surface area contributed by atoms with E-state index in [9.17, 15) is 49.8 Å². The minimum absolute atomic E-state index is 0.129. The van der Waals surface area contributed by atoms with Crippen molar-refractivity contribution in [1.29, 1.82) is 0 Å². The van der Waals surface area contributed by atoms with E-state index in [4.69, 9.17) is 29.4 Å². The minimum Gasteiger partial charge on any atom is -0.492 e. The normalized spacial score (nSPS) is 14.2. The summed E-state index contributed by atoms with van der Waals surface area (Å²) >= 11 is 0. The highest BCUT2D eigenvalue weighted by molar-refractivity contribution is 6.01. The van der Waals surface area contributed by atoms with Gasteiger partial charge in [0.2, 0.25) is 0 Å². The zero-order valence-electron chi connectivity index (χ0n) is 68.2. The molecule has 4 atom stereocenters. The number of rotatable bonds is 26. The van der Waals surface area contributed by atoms with Crippen molar-refractivity contribution >= 4 is 124 Å². The number of hydrogen-bond donors (Lipinski definition) is 10. The zero-order chi connectivity index (χ0) is 82.5. The lowest BCUT2D eigenvalue weighted by atomic mass is 9.88. The molecule has 9 aromatic rings.